The number of amides is 1. The van der Waals surface area contributed by atoms with E-state index in [1.807, 2.05) is 43.6 Å². The van der Waals surface area contributed by atoms with Crippen molar-refractivity contribution in [1.82, 2.24) is 15.1 Å². The summed E-state index contributed by atoms with van der Waals surface area (Å²) in [6, 6.07) is 9.55. The highest BCUT2D eigenvalue weighted by atomic mass is 16.5. The summed E-state index contributed by atoms with van der Waals surface area (Å²) in [4.78, 5) is 23.9. The second kappa shape index (κ2) is 8.81. The first kappa shape index (κ1) is 19.1. The largest absolute Gasteiger partial charge is 0.481 e. The molecule has 0 saturated carbocycles. The number of aliphatic carboxylic acids is 1. The molecule has 144 valence electrons. The Morgan fingerprint density at radius 1 is 1.37 bits per heavy atom. The molecule has 7 heteroatoms. The van der Waals surface area contributed by atoms with Gasteiger partial charge in [0, 0.05) is 37.9 Å². The Balaban J connectivity index is 1.67. The molecule has 1 unspecified atom stereocenters. The number of benzene rings is 1. The fourth-order valence-corrected chi connectivity index (χ4v) is 3.50. The van der Waals surface area contributed by atoms with E-state index in [9.17, 15) is 9.59 Å². The monoisotopic (exact) mass is 371 g/mol. The maximum absolute atomic E-state index is 12.9. The molecule has 27 heavy (non-hydrogen) atoms. The average Bonchev–Trinajstić information content (AvgIpc) is 3.29. The van der Waals surface area contributed by atoms with E-state index in [1.54, 1.807) is 10.9 Å². The molecule has 3 atom stereocenters. The number of carboxylic acid groups (broad SMARTS) is 1. The first-order chi connectivity index (χ1) is 13.0. The molecule has 1 amide bonds. The third kappa shape index (κ3) is 5.17. The fraction of sp³-hybridized carbons (Fsp3) is 0.450. The van der Waals surface area contributed by atoms with E-state index >= 15 is 0 Å². The molecule has 1 aliphatic heterocycles. The van der Waals surface area contributed by atoms with Crippen molar-refractivity contribution in [2.75, 3.05) is 6.61 Å². The van der Waals surface area contributed by atoms with Gasteiger partial charge in [-0.05, 0) is 24.8 Å². The predicted octanol–water partition coefficient (Wildman–Crippen LogP) is 2.09. The minimum atomic E-state index is -0.861. The summed E-state index contributed by atoms with van der Waals surface area (Å²) in [5.41, 5.74) is 1.96. The van der Waals surface area contributed by atoms with Crippen LogP contribution in [0.2, 0.25) is 0 Å². The normalized spacial score (nSPS) is 20.3. The second-order valence-electron chi connectivity index (χ2n) is 6.96. The highest BCUT2D eigenvalue weighted by Crippen LogP contribution is 2.34. The zero-order valence-electron chi connectivity index (χ0n) is 15.4. The predicted molar refractivity (Wildman–Crippen MR) is 99.0 cm³/mol. The Bertz CT molecular complexity index is 775. The second-order valence-corrected chi connectivity index (χ2v) is 6.96. The number of hydrogen-bond acceptors (Lipinski definition) is 4. The maximum Gasteiger partial charge on any atom is 0.303 e. The van der Waals surface area contributed by atoms with Gasteiger partial charge in [0.2, 0.25) is 5.91 Å². The first-order valence-corrected chi connectivity index (χ1v) is 9.19. The van der Waals surface area contributed by atoms with E-state index in [-0.39, 0.29) is 30.4 Å². The van der Waals surface area contributed by atoms with Crippen LogP contribution in [0.1, 0.15) is 36.5 Å². The fourth-order valence-electron chi connectivity index (χ4n) is 3.50. The Labute approximate surface area is 158 Å². The van der Waals surface area contributed by atoms with E-state index in [2.05, 4.69) is 10.4 Å². The zero-order chi connectivity index (χ0) is 19.2. The molecule has 1 aliphatic rings. The van der Waals surface area contributed by atoms with E-state index in [0.717, 1.165) is 11.1 Å². The van der Waals surface area contributed by atoms with Gasteiger partial charge in [0.05, 0.1) is 18.2 Å². The van der Waals surface area contributed by atoms with E-state index in [4.69, 9.17) is 9.84 Å². The van der Waals surface area contributed by atoms with Crippen LogP contribution in [0.25, 0.3) is 0 Å². The Hall–Kier alpha value is -2.67. The van der Waals surface area contributed by atoms with Gasteiger partial charge in [-0.1, -0.05) is 30.3 Å². The zero-order valence-corrected chi connectivity index (χ0v) is 15.4. The van der Waals surface area contributed by atoms with Crippen LogP contribution >= 0.6 is 0 Å². The molecule has 0 aliphatic carbocycles. The molecular weight excluding hydrogens is 346 g/mol. The van der Waals surface area contributed by atoms with Gasteiger partial charge in [0.25, 0.3) is 0 Å². The molecule has 2 N–H and O–H groups in total. The molecule has 7 nitrogen and oxygen atoms in total. The summed E-state index contributed by atoms with van der Waals surface area (Å²) in [6.07, 6.45) is 4.93. The molecule has 0 spiro atoms. The Morgan fingerprint density at radius 3 is 2.81 bits per heavy atom. The number of nitrogens with zero attached hydrogens (tertiary/aromatic N) is 2. The van der Waals surface area contributed by atoms with Crippen molar-refractivity contribution in [3.05, 3.63) is 53.9 Å². The number of ether oxygens (including phenoxy) is 1. The van der Waals surface area contributed by atoms with Crippen LogP contribution in [-0.4, -0.2) is 39.4 Å². The standard InChI is InChI=1S/C20H25N3O4/c1-23-13-15(12-21-23)19-17(9-10-27-19)20(26)22-16(7-8-18(24)25)11-14-5-3-2-4-6-14/h2-6,12-13,16-17,19H,7-11H2,1H3,(H,22,26)(H,24,25)/t16?,17-,19+/m0/s1. The van der Waals surface area contributed by atoms with Crippen LogP contribution in [0.4, 0.5) is 0 Å². The van der Waals surface area contributed by atoms with Gasteiger partial charge in [0.1, 0.15) is 0 Å². The van der Waals surface area contributed by atoms with Crippen molar-refractivity contribution in [2.45, 2.75) is 37.8 Å². The molecule has 2 aromatic rings. The van der Waals surface area contributed by atoms with Gasteiger partial charge in [-0.2, -0.15) is 5.10 Å². The summed E-state index contributed by atoms with van der Waals surface area (Å²) in [5.74, 6) is -1.25. The van der Waals surface area contributed by atoms with Gasteiger partial charge >= 0.3 is 5.97 Å². The summed E-state index contributed by atoms with van der Waals surface area (Å²) in [6.45, 7) is 0.524. The van der Waals surface area contributed by atoms with Crippen molar-refractivity contribution in [2.24, 2.45) is 13.0 Å². The lowest BCUT2D eigenvalue weighted by Crippen LogP contribution is -2.41. The number of rotatable bonds is 8. The molecule has 0 radical (unpaired) electrons. The Kier molecular flexibility index (Phi) is 6.24. The highest BCUT2D eigenvalue weighted by Gasteiger charge is 2.36. The minimum absolute atomic E-state index is 0.0188. The summed E-state index contributed by atoms with van der Waals surface area (Å²) in [5, 5.41) is 16.2. The SMILES string of the molecule is Cn1cc([C@H]2OCC[C@@H]2C(=O)NC(CCC(=O)O)Cc2ccccc2)cn1. The number of aromatic nitrogens is 2. The lowest BCUT2D eigenvalue weighted by molar-refractivity contribution is -0.137. The van der Waals surface area contributed by atoms with Gasteiger partial charge < -0.3 is 15.2 Å². The summed E-state index contributed by atoms with van der Waals surface area (Å²) < 4.78 is 7.47. The van der Waals surface area contributed by atoms with Crippen LogP contribution in [0.15, 0.2) is 42.7 Å². The molecule has 1 saturated heterocycles. The quantitative estimate of drug-likeness (QED) is 0.741. The third-order valence-electron chi connectivity index (χ3n) is 4.86. The van der Waals surface area contributed by atoms with Crippen molar-refractivity contribution >= 4 is 11.9 Å². The van der Waals surface area contributed by atoms with Gasteiger partial charge in [-0.3, -0.25) is 14.3 Å². The Morgan fingerprint density at radius 2 is 2.15 bits per heavy atom. The minimum Gasteiger partial charge on any atom is -0.481 e. The smallest absolute Gasteiger partial charge is 0.303 e. The number of carbonyl (C=O) groups excluding carboxylic acids is 1. The van der Waals surface area contributed by atoms with Gasteiger partial charge in [0.15, 0.2) is 0 Å². The average molecular weight is 371 g/mol. The number of hydrogen-bond donors (Lipinski definition) is 2. The molecule has 2 heterocycles. The first-order valence-electron chi connectivity index (χ1n) is 9.19. The molecule has 0 bridgehead atoms. The number of aryl methyl sites for hydroxylation is 1. The van der Waals surface area contributed by atoms with E-state index in [1.165, 1.54) is 0 Å². The van der Waals surface area contributed by atoms with Crippen LogP contribution < -0.4 is 5.32 Å². The summed E-state index contributed by atoms with van der Waals surface area (Å²) in [7, 11) is 1.83. The highest BCUT2D eigenvalue weighted by molar-refractivity contribution is 5.80. The van der Waals surface area contributed by atoms with Gasteiger partial charge in [-0.25, -0.2) is 0 Å². The summed E-state index contributed by atoms with van der Waals surface area (Å²) >= 11 is 0. The maximum atomic E-state index is 12.9. The van der Waals surface area contributed by atoms with Crippen LogP contribution in [0.5, 0.6) is 0 Å². The van der Waals surface area contributed by atoms with Crippen molar-refractivity contribution in [1.29, 1.82) is 0 Å². The van der Waals surface area contributed by atoms with E-state index in [0.29, 0.717) is 25.9 Å². The lowest BCUT2D eigenvalue weighted by Gasteiger charge is -2.23. The molecule has 1 fully saturated rings. The number of nitrogens with one attached hydrogen (secondary N) is 1. The third-order valence-corrected chi connectivity index (χ3v) is 4.86. The topological polar surface area (TPSA) is 93.5 Å². The van der Waals surface area contributed by atoms with Crippen molar-refractivity contribution in [3.63, 3.8) is 0 Å². The van der Waals surface area contributed by atoms with Crippen LogP contribution in [-0.2, 0) is 27.8 Å². The molecular formula is C20H25N3O4. The van der Waals surface area contributed by atoms with Crippen molar-refractivity contribution in [3.8, 4) is 0 Å². The number of carboxylic acids is 1. The van der Waals surface area contributed by atoms with Gasteiger partial charge in [-0.15, -0.1) is 0 Å². The van der Waals surface area contributed by atoms with E-state index < -0.39 is 5.97 Å². The lowest BCUT2D eigenvalue weighted by atomic mass is 9.95. The van der Waals surface area contributed by atoms with Crippen molar-refractivity contribution < 1.29 is 19.4 Å². The molecule has 1 aromatic heterocycles. The van der Waals surface area contributed by atoms with Crippen LogP contribution in [0, 0.1) is 5.92 Å². The van der Waals surface area contributed by atoms with Crippen LogP contribution in [0.3, 0.4) is 0 Å². The number of carbonyl (C=O) groups is 2. The molecule has 1 aromatic carbocycles. The molecule has 3 rings (SSSR count).